The van der Waals surface area contributed by atoms with Crippen LogP contribution in [-0.2, 0) is 0 Å². The van der Waals surface area contributed by atoms with Gasteiger partial charge in [0, 0.05) is 16.8 Å². The lowest BCUT2D eigenvalue weighted by atomic mass is 9.99. The van der Waals surface area contributed by atoms with Crippen LogP contribution in [0, 0.1) is 12.7 Å². The molecule has 0 fully saturated rings. The summed E-state index contributed by atoms with van der Waals surface area (Å²) in [6, 6.07) is 26.3. The number of carbonyl (C=O) groups is 1. The summed E-state index contributed by atoms with van der Waals surface area (Å²) in [4.78, 5) is 13.1. The first-order valence-corrected chi connectivity index (χ1v) is 12.1. The van der Waals surface area contributed by atoms with Crippen LogP contribution in [0.3, 0.4) is 0 Å². The van der Waals surface area contributed by atoms with Crippen LogP contribution in [0.25, 0.3) is 11.3 Å². The van der Waals surface area contributed by atoms with E-state index in [0.717, 1.165) is 11.1 Å². The molecule has 0 bridgehead atoms. The number of halogens is 3. The molecular formula is C30H24F3N3O3. The number of benzene rings is 4. The molecule has 1 aliphatic heterocycles. The standard InChI is InChI=1S/C30H24F3N3O3/c1-19-6-8-20(9-7-19)28-26(25-4-2-3-5-27(25)31)18-36(35-28)30(37)34-21-10-12-22(13-11-21)38-23-14-16-24(17-15-23)39-29(32)33/h2-17,29,35H,18H2,1H3,(H,34,37). The Morgan fingerprint density at radius 1 is 0.872 bits per heavy atom. The first-order valence-electron chi connectivity index (χ1n) is 12.1. The number of carbonyl (C=O) groups excluding carboxylic acids is 1. The van der Waals surface area contributed by atoms with Gasteiger partial charge in [-0.05, 0) is 67.1 Å². The number of aryl methyl sites for hydroxylation is 1. The molecular weight excluding hydrogens is 507 g/mol. The molecule has 0 saturated heterocycles. The van der Waals surface area contributed by atoms with E-state index in [1.165, 1.54) is 35.3 Å². The first-order chi connectivity index (χ1) is 18.9. The molecule has 4 aromatic rings. The van der Waals surface area contributed by atoms with E-state index in [1.54, 1.807) is 42.5 Å². The highest BCUT2D eigenvalue weighted by Gasteiger charge is 2.28. The minimum Gasteiger partial charge on any atom is -0.457 e. The Bertz CT molecular complexity index is 1490. The smallest absolute Gasteiger partial charge is 0.387 e. The molecule has 6 nitrogen and oxygen atoms in total. The topological polar surface area (TPSA) is 62.8 Å². The van der Waals surface area contributed by atoms with E-state index in [4.69, 9.17) is 4.74 Å². The fraction of sp³-hybridized carbons (Fsp3) is 0.100. The van der Waals surface area contributed by atoms with Gasteiger partial charge in [0.1, 0.15) is 23.1 Å². The van der Waals surface area contributed by atoms with E-state index < -0.39 is 12.6 Å². The maximum atomic E-state index is 14.7. The number of rotatable bonds is 7. The molecule has 0 saturated carbocycles. The minimum atomic E-state index is -2.90. The molecule has 0 aromatic heterocycles. The summed E-state index contributed by atoms with van der Waals surface area (Å²) in [5.41, 5.74) is 7.33. The van der Waals surface area contributed by atoms with Gasteiger partial charge in [-0.1, -0.05) is 48.0 Å². The average Bonchev–Trinajstić information content (AvgIpc) is 3.37. The van der Waals surface area contributed by atoms with Crippen LogP contribution in [0.1, 0.15) is 16.7 Å². The van der Waals surface area contributed by atoms with Crippen LogP contribution in [0.15, 0.2) is 97.1 Å². The zero-order valence-corrected chi connectivity index (χ0v) is 20.8. The maximum absolute atomic E-state index is 14.7. The van der Waals surface area contributed by atoms with Crippen LogP contribution in [0.4, 0.5) is 23.7 Å². The van der Waals surface area contributed by atoms with E-state index in [2.05, 4.69) is 15.5 Å². The average molecular weight is 532 g/mol. The van der Waals surface area contributed by atoms with Gasteiger partial charge < -0.3 is 14.8 Å². The second-order valence-electron chi connectivity index (χ2n) is 8.80. The number of anilines is 1. The Morgan fingerprint density at radius 2 is 1.49 bits per heavy atom. The molecule has 1 heterocycles. The number of amides is 2. The molecule has 9 heteroatoms. The number of nitrogens with zero attached hydrogens (tertiary/aromatic N) is 1. The van der Waals surface area contributed by atoms with Gasteiger partial charge in [-0.25, -0.2) is 14.2 Å². The third-order valence-corrected chi connectivity index (χ3v) is 6.04. The van der Waals surface area contributed by atoms with Crippen molar-refractivity contribution in [3.63, 3.8) is 0 Å². The van der Waals surface area contributed by atoms with Crippen LogP contribution < -0.4 is 20.2 Å². The summed E-state index contributed by atoms with van der Waals surface area (Å²) < 4.78 is 49.4. The van der Waals surface area contributed by atoms with Gasteiger partial charge in [0.25, 0.3) is 0 Å². The van der Waals surface area contributed by atoms with Gasteiger partial charge in [0.05, 0.1) is 12.2 Å². The Labute approximate surface area is 223 Å². The van der Waals surface area contributed by atoms with Gasteiger partial charge in [-0.15, -0.1) is 0 Å². The lowest BCUT2D eigenvalue weighted by molar-refractivity contribution is -0.0498. The molecule has 2 N–H and O–H groups in total. The van der Waals surface area contributed by atoms with E-state index >= 15 is 0 Å². The lowest BCUT2D eigenvalue weighted by Crippen LogP contribution is -2.40. The van der Waals surface area contributed by atoms with Crippen molar-refractivity contribution in [2.24, 2.45) is 0 Å². The summed E-state index contributed by atoms with van der Waals surface area (Å²) in [6.07, 6.45) is 0. The predicted octanol–water partition coefficient (Wildman–Crippen LogP) is 7.45. The zero-order chi connectivity index (χ0) is 27.4. The number of ether oxygens (including phenoxy) is 2. The summed E-state index contributed by atoms with van der Waals surface area (Å²) in [5, 5.41) is 4.22. The van der Waals surface area contributed by atoms with Crippen molar-refractivity contribution in [2.45, 2.75) is 13.5 Å². The number of urea groups is 1. The van der Waals surface area contributed by atoms with Crippen molar-refractivity contribution in [2.75, 3.05) is 11.9 Å². The Hall–Kier alpha value is -4.92. The Morgan fingerprint density at radius 3 is 2.13 bits per heavy atom. The number of hydrogen-bond donors (Lipinski definition) is 2. The monoisotopic (exact) mass is 531 g/mol. The number of nitrogens with one attached hydrogen (secondary N) is 2. The number of alkyl halides is 2. The van der Waals surface area contributed by atoms with Crippen LogP contribution in [0.5, 0.6) is 17.2 Å². The molecule has 5 rings (SSSR count). The second-order valence-corrected chi connectivity index (χ2v) is 8.80. The molecule has 0 aliphatic carbocycles. The van der Waals surface area contributed by atoms with Crippen LogP contribution >= 0.6 is 0 Å². The van der Waals surface area contributed by atoms with Crippen LogP contribution in [0.2, 0.25) is 0 Å². The molecule has 1 aliphatic rings. The molecule has 39 heavy (non-hydrogen) atoms. The fourth-order valence-corrected chi connectivity index (χ4v) is 4.11. The lowest BCUT2D eigenvalue weighted by Gasteiger charge is -2.19. The van der Waals surface area contributed by atoms with Crippen LogP contribution in [-0.4, -0.2) is 24.2 Å². The van der Waals surface area contributed by atoms with E-state index in [0.29, 0.717) is 34.0 Å². The van der Waals surface area contributed by atoms with Gasteiger partial charge in [-0.3, -0.25) is 5.43 Å². The maximum Gasteiger partial charge on any atom is 0.387 e. The van der Waals surface area contributed by atoms with Crippen molar-refractivity contribution in [1.82, 2.24) is 10.4 Å². The summed E-state index contributed by atoms with van der Waals surface area (Å²) in [6.45, 7) is -0.760. The third-order valence-electron chi connectivity index (χ3n) is 6.04. The molecule has 4 aromatic carbocycles. The highest BCUT2D eigenvalue weighted by atomic mass is 19.3. The third kappa shape index (κ3) is 6.15. The van der Waals surface area contributed by atoms with E-state index in [1.807, 2.05) is 31.2 Å². The molecule has 0 unspecified atom stereocenters. The first kappa shape index (κ1) is 25.7. The Kier molecular flexibility index (Phi) is 7.40. The van der Waals surface area contributed by atoms with Crippen molar-refractivity contribution >= 4 is 23.0 Å². The van der Waals surface area contributed by atoms with Gasteiger partial charge in [0.2, 0.25) is 0 Å². The Balaban J connectivity index is 1.27. The largest absolute Gasteiger partial charge is 0.457 e. The van der Waals surface area contributed by atoms with Crippen molar-refractivity contribution in [3.05, 3.63) is 120 Å². The minimum absolute atomic E-state index is 0.0316. The summed E-state index contributed by atoms with van der Waals surface area (Å²) in [7, 11) is 0. The molecule has 2 amide bonds. The van der Waals surface area contributed by atoms with Gasteiger partial charge >= 0.3 is 12.6 Å². The number of hydrogen-bond acceptors (Lipinski definition) is 4. The highest BCUT2D eigenvalue weighted by molar-refractivity contribution is 5.98. The zero-order valence-electron chi connectivity index (χ0n) is 20.8. The van der Waals surface area contributed by atoms with E-state index in [9.17, 15) is 18.0 Å². The van der Waals surface area contributed by atoms with Gasteiger partial charge in [0.15, 0.2) is 0 Å². The second kappa shape index (κ2) is 11.2. The molecule has 0 spiro atoms. The predicted molar refractivity (Wildman–Crippen MR) is 143 cm³/mol. The normalized spacial score (nSPS) is 12.9. The molecule has 0 radical (unpaired) electrons. The number of hydrazine groups is 1. The molecule has 198 valence electrons. The van der Waals surface area contributed by atoms with Gasteiger partial charge in [-0.2, -0.15) is 8.78 Å². The van der Waals surface area contributed by atoms with Crippen molar-refractivity contribution in [3.8, 4) is 17.2 Å². The van der Waals surface area contributed by atoms with Crippen molar-refractivity contribution in [1.29, 1.82) is 0 Å². The van der Waals surface area contributed by atoms with E-state index in [-0.39, 0.29) is 18.1 Å². The van der Waals surface area contributed by atoms with Crippen molar-refractivity contribution < 1.29 is 27.4 Å². The molecule has 0 atom stereocenters. The highest BCUT2D eigenvalue weighted by Crippen LogP contribution is 2.32. The summed E-state index contributed by atoms with van der Waals surface area (Å²) >= 11 is 0. The quantitative estimate of drug-likeness (QED) is 0.260. The fourth-order valence-electron chi connectivity index (χ4n) is 4.11. The SMILES string of the molecule is Cc1ccc(C2=C(c3ccccc3F)CN(C(=O)Nc3ccc(Oc4ccc(OC(F)F)cc4)cc3)N2)cc1. The summed E-state index contributed by atoms with van der Waals surface area (Å²) in [5.74, 6) is 0.585.